The van der Waals surface area contributed by atoms with Gasteiger partial charge in [-0.05, 0) is 42.5 Å². The number of methoxy groups -OCH3 is 3. The van der Waals surface area contributed by atoms with E-state index in [0.717, 1.165) is 11.3 Å². The summed E-state index contributed by atoms with van der Waals surface area (Å²) in [5, 5.41) is 3.22. The largest absolute Gasteiger partial charge is 0.497 e. The number of H-pyrrole nitrogens is 1. The summed E-state index contributed by atoms with van der Waals surface area (Å²) in [4.78, 5) is 28.8. The van der Waals surface area contributed by atoms with Crippen molar-refractivity contribution >= 4 is 51.7 Å². The van der Waals surface area contributed by atoms with E-state index in [-0.39, 0.29) is 10.4 Å². The molecule has 2 aromatic heterocycles. The molecule has 4 rings (SSSR count). The van der Waals surface area contributed by atoms with Crippen molar-refractivity contribution in [1.29, 1.82) is 0 Å². The fourth-order valence-electron chi connectivity index (χ4n) is 3.14. The molecule has 0 bridgehead atoms. The van der Waals surface area contributed by atoms with Crippen LogP contribution in [0.5, 0.6) is 17.2 Å². The zero-order chi connectivity index (χ0) is 21.4. The first-order chi connectivity index (χ1) is 14.5. The molecular formula is C20H17N3O5S2. The summed E-state index contributed by atoms with van der Waals surface area (Å²) in [6.45, 7) is 0. The maximum Gasteiger partial charge on any atom is 0.269 e. The van der Waals surface area contributed by atoms with Crippen LogP contribution in [0.1, 0.15) is 9.67 Å². The molecule has 10 heteroatoms. The van der Waals surface area contributed by atoms with Gasteiger partial charge in [-0.15, -0.1) is 0 Å². The number of ether oxygens (including phenoxy) is 3. The van der Waals surface area contributed by atoms with Crippen molar-refractivity contribution in [1.82, 2.24) is 9.38 Å². The fraction of sp³-hybridized carbons (Fsp3) is 0.150. The van der Waals surface area contributed by atoms with E-state index in [1.54, 1.807) is 40.8 Å². The summed E-state index contributed by atoms with van der Waals surface area (Å²) in [7, 11) is 4.57. The van der Waals surface area contributed by atoms with Crippen molar-refractivity contribution in [3.05, 3.63) is 55.6 Å². The Kier molecular flexibility index (Phi) is 5.18. The smallest absolute Gasteiger partial charge is 0.269 e. The molecule has 0 aliphatic carbocycles. The van der Waals surface area contributed by atoms with Crippen LogP contribution in [0.25, 0.3) is 16.6 Å². The molecule has 4 aromatic rings. The molecule has 0 fully saturated rings. The Morgan fingerprint density at radius 1 is 1.07 bits per heavy atom. The average Bonchev–Trinajstić information content (AvgIpc) is 3.09. The second-order valence-corrected chi connectivity index (χ2v) is 7.88. The minimum atomic E-state index is -0.427. The third-order valence-electron chi connectivity index (χ3n) is 4.59. The van der Waals surface area contributed by atoms with E-state index in [1.165, 1.54) is 21.3 Å². The van der Waals surface area contributed by atoms with E-state index < -0.39 is 5.91 Å². The van der Waals surface area contributed by atoms with Gasteiger partial charge in [0, 0.05) is 6.07 Å². The molecule has 30 heavy (non-hydrogen) atoms. The van der Waals surface area contributed by atoms with E-state index in [4.69, 9.17) is 26.4 Å². The van der Waals surface area contributed by atoms with Crippen LogP contribution in [0, 0.1) is 3.95 Å². The van der Waals surface area contributed by atoms with E-state index in [9.17, 15) is 9.59 Å². The number of hydrogen-bond donors (Lipinski definition) is 2. The van der Waals surface area contributed by atoms with Crippen molar-refractivity contribution in [3.63, 3.8) is 0 Å². The topological polar surface area (TPSA) is 94.1 Å². The first-order valence-electron chi connectivity index (χ1n) is 8.75. The zero-order valence-corrected chi connectivity index (χ0v) is 17.9. The molecule has 1 amide bonds. The van der Waals surface area contributed by atoms with Gasteiger partial charge in [-0.3, -0.25) is 14.0 Å². The highest BCUT2D eigenvalue weighted by Crippen LogP contribution is 2.31. The first-order valence-corrected chi connectivity index (χ1v) is 9.98. The Morgan fingerprint density at radius 3 is 2.47 bits per heavy atom. The number of thiazole rings is 1. The van der Waals surface area contributed by atoms with E-state index in [2.05, 4.69) is 10.3 Å². The lowest BCUT2D eigenvalue weighted by Crippen LogP contribution is -2.15. The Hall–Kier alpha value is -3.37. The Morgan fingerprint density at radius 2 is 1.77 bits per heavy atom. The molecule has 0 saturated heterocycles. The minimum absolute atomic E-state index is 0.277. The highest BCUT2D eigenvalue weighted by molar-refractivity contribution is 7.73. The van der Waals surface area contributed by atoms with Gasteiger partial charge in [0.1, 0.15) is 27.8 Å². The van der Waals surface area contributed by atoms with Crippen molar-refractivity contribution < 1.29 is 19.0 Å². The summed E-state index contributed by atoms with van der Waals surface area (Å²) in [5.41, 5.74) is 1.01. The molecule has 0 spiro atoms. The minimum Gasteiger partial charge on any atom is -0.497 e. The number of nitrogens with one attached hydrogen (secondary N) is 2. The summed E-state index contributed by atoms with van der Waals surface area (Å²) in [5.74, 6) is 1.16. The maximum atomic E-state index is 13.1. The molecule has 2 N–H and O–H groups in total. The fourth-order valence-corrected chi connectivity index (χ4v) is 4.42. The number of aromatic amines is 1. The van der Waals surface area contributed by atoms with Gasteiger partial charge in [-0.25, -0.2) is 0 Å². The first kappa shape index (κ1) is 19.9. The lowest BCUT2D eigenvalue weighted by molar-refractivity contribution is 0.103. The highest BCUT2D eigenvalue weighted by Gasteiger charge is 2.20. The molecule has 0 unspecified atom stereocenters. The molecule has 0 aliphatic heterocycles. The summed E-state index contributed by atoms with van der Waals surface area (Å²) < 4.78 is 17.8. The highest BCUT2D eigenvalue weighted by atomic mass is 32.1. The molecular weight excluding hydrogens is 426 g/mol. The predicted octanol–water partition coefficient (Wildman–Crippen LogP) is 3.85. The van der Waals surface area contributed by atoms with Gasteiger partial charge in [-0.2, -0.15) is 0 Å². The van der Waals surface area contributed by atoms with Crippen LogP contribution in [0.3, 0.4) is 0 Å². The number of amides is 1. The molecule has 2 heterocycles. The number of aromatic nitrogens is 2. The van der Waals surface area contributed by atoms with Crippen LogP contribution >= 0.6 is 23.6 Å². The van der Waals surface area contributed by atoms with Gasteiger partial charge in [0.05, 0.1) is 37.9 Å². The number of hydrogen-bond acceptors (Lipinski definition) is 7. The van der Waals surface area contributed by atoms with E-state index >= 15 is 0 Å². The Labute approximate surface area is 179 Å². The number of carbonyl (C=O) groups is 1. The lowest BCUT2D eigenvalue weighted by Gasteiger charge is -2.11. The maximum absolute atomic E-state index is 13.1. The van der Waals surface area contributed by atoms with Crippen LogP contribution in [0.15, 0.2) is 41.2 Å². The van der Waals surface area contributed by atoms with Crippen LogP contribution < -0.4 is 25.1 Å². The van der Waals surface area contributed by atoms with E-state index in [0.29, 0.717) is 43.4 Å². The molecule has 154 valence electrons. The molecule has 0 saturated carbocycles. The van der Waals surface area contributed by atoms with Gasteiger partial charge in [0.25, 0.3) is 11.5 Å². The molecule has 2 aromatic carbocycles. The second-order valence-electron chi connectivity index (χ2n) is 6.24. The van der Waals surface area contributed by atoms with E-state index in [1.807, 2.05) is 0 Å². The average molecular weight is 444 g/mol. The van der Waals surface area contributed by atoms with Gasteiger partial charge in [-0.1, -0.05) is 11.3 Å². The third kappa shape index (κ3) is 3.29. The molecule has 0 radical (unpaired) electrons. The van der Waals surface area contributed by atoms with Crippen LogP contribution in [-0.2, 0) is 0 Å². The monoisotopic (exact) mass is 443 g/mol. The molecule has 0 atom stereocenters. The number of nitrogens with zero attached hydrogens (tertiary/aromatic N) is 1. The van der Waals surface area contributed by atoms with Gasteiger partial charge in [0.15, 0.2) is 3.95 Å². The number of rotatable bonds is 5. The standard InChI is InChI=1S/C20H17N3O5S2/c1-26-10-4-6-14-12(8-10)18(24)22-17-16(30-20(29)23(14)17)19(25)21-13-9-11(27-2)5-7-15(13)28-3/h4-9H,1-3H3,(H,21,25)(H,22,24). The number of anilines is 1. The van der Waals surface area contributed by atoms with Crippen LogP contribution in [-0.4, -0.2) is 36.6 Å². The summed E-state index contributed by atoms with van der Waals surface area (Å²) in [6.07, 6.45) is 0. The summed E-state index contributed by atoms with van der Waals surface area (Å²) in [6, 6.07) is 10.2. The Balaban J connectivity index is 1.85. The van der Waals surface area contributed by atoms with Crippen molar-refractivity contribution in [2.45, 2.75) is 0 Å². The van der Waals surface area contributed by atoms with Gasteiger partial charge in [0.2, 0.25) is 0 Å². The van der Waals surface area contributed by atoms with Crippen molar-refractivity contribution in [3.8, 4) is 17.2 Å². The van der Waals surface area contributed by atoms with Crippen molar-refractivity contribution in [2.75, 3.05) is 26.6 Å². The number of fused-ring (bicyclic) bond motifs is 3. The van der Waals surface area contributed by atoms with Crippen LogP contribution in [0.2, 0.25) is 0 Å². The molecule has 0 aliphatic rings. The number of carbonyl (C=O) groups excluding carboxylic acids is 1. The second kappa shape index (κ2) is 7.81. The van der Waals surface area contributed by atoms with Crippen LogP contribution in [0.4, 0.5) is 5.69 Å². The Bertz CT molecular complexity index is 1400. The number of benzene rings is 2. The van der Waals surface area contributed by atoms with Gasteiger partial charge < -0.3 is 24.5 Å². The third-order valence-corrected chi connectivity index (χ3v) is 5.97. The quantitative estimate of drug-likeness (QED) is 0.455. The SMILES string of the molecule is COc1ccc(OC)c(NC(=O)c2sc(=S)n3c2[nH]c(=O)c2cc(OC)ccc23)c1. The lowest BCUT2D eigenvalue weighted by atomic mass is 10.2. The summed E-state index contributed by atoms with van der Waals surface area (Å²) >= 11 is 6.59. The molecule has 8 nitrogen and oxygen atoms in total. The van der Waals surface area contributed by atoms with Crippen molar-refractivity contribution in [2.24, 2.45) is 0 Å². The zero-order valence-electron chi connectivity index (χ0n) is 16.3. The predicted molar refractivity (Wildman–Crippen MR) is 118 cm³/mol. The van der Waals surface area contributed by atoms with Gasteiger partial charge >= 0.3 is 0 Å². The normalized spacial score (nSPS) is 10.9.